The first kappa shape index (κ1) is 16.3. The second-order valence-corrected chi connectivity index (χ2v) is 5.09. The normalized spacial score (nSPS) is 13.8. The first-order valence-corrected chi connectivity index (χ1v) is 7.21. The van der Waals surface area contributed by atoms with Crippen molar-refractivity contribution in [3.63, 3.8) is 0 Å². The van der Waals surface area contributed by atoms with Gasteiger partial charge in [0.2, 0.25) is 0 Å². The van der Waals surface area contributed by atoms with E-state index in [2.05, 4.69) is 6.92 Å². The molecule has 0 bridgehead atoms. The van der Waals surface area contributed by atoms with Gasteiger partial charge in [0.25, 0.3) is 0 Å². The van der Waals surface area contributed by atoms with Crippen molar-refractivity contribution < 1.29 is 14.6 Å². The van der Waals surface area contributed by atoms with Crippen molar-refractivity contribution in [1.82, 2.24) is 0 Å². The van der Waals surface area contributed by atoms with Gasteiger partial charge in [0, 0.05) is 0 Å². The zero-order valence-electron chi connectivity index (χ0n) is 12.6. The first-order valence-electron chi connectivity index (χ1n) is 7.21. The van der Waals surface area contributed by atoms with Crippen molar-refractivity contribution in [2.24, 2.45) is 5.92 Å². The van der Waals surface area contributed by atoms with E-state index in [9.17, 15) is 9.90 Å². The maximum Gasteiger partial charge on any atom is 0.311 e. The fourth-order valence-corrected chi connectivity index (χ4v) is 2.67. The number of nitrogen functional groups attached to an aromatic ring is 1. The Morgan fingerprint density at radius 1 is 1.40 bits per heavy atom. The van der Waals surface area contributed by atoms with Crippen LogP contribution in [0.4, 0.5) is 5.69 Å². The highest BCUT2D eigenvalue weighted by atomic mass is 16.5. The van der Waals surface area contributed by atoms with Gasteiger partial charge in [-0.25, -0.2) is 0 Å². The molecule has 112 valence electrons. The second-order valence-electron chi connectivity index (χ2n) is 5.09. The molecular formula is C16H25NO3. The minimum absolute atomic E-state index is 0.0989. The number of hydrogen-bond donors (Lipinski definition) is 2. The predicted molar refractivity (Wildman–Crippen MR) is 81.1 cm³/mol. The number of nitrogens with two attached hydrogens (primary N) is 1. The van der Waals surface area contributed by atoms with Crippen LogP contribution in [0.25, 0.3) is 0 Å². The SMILES string of the molecule is CCCCC(CC)C(C(=O)O)c1cccc(OC)c1N. The number of benzene rings is 1. The quantitative estimate of drug-likeness (QED) is 0.712. The van der Waals surface area contributed by atoms with Gasteiger partial charge < -0.3 is 15.6 Å². The van der Waals surface area contributed by atoms with Crippen molar-refractivity contribution in [3.8, 4) is 5.75 Å². The number of carboxylic acid groups (broad SMARTS) is 1. The molecule has 0 aliphatic heterocycles. The second kappa shape index (κ2) is 7.78. The molecule has 1 aromatic rings. The molecular weight excluding hydrogens is 254 g/mol. The Hall–Kier alpha value is -1.71. The third-order valence-corrected chi connectivity index (χ3v) is 3.85. The number of anilines is 1. The highest BCUT2D eigenvalue weighted by Crippen LogP contribution is 2.37. The molecule has 0 saturated heterocycles. The standard InChI is InChI=1S/C16H25NO3/c1-4-6-8-11(5-2)14(16(18)19)12-9-7-10-13(20-3)15(12)17/h7,9-11,14H,4-6,8,17H2,1-3H3,(H,18,19). The summed E-state index contributed by atoms with van der Waals surface area (Å²) in [6, 6.07) is 5.35. The number of carboxylic acids is 1. The molecule has 4 nitrogen and oxygen atoms in total. The van der Waals surface area contributed by atoms with E-state index < -0.39 is 11.9 Å². The lowest BCUT2D eigenvalue weighted by molar-refractivity contribution is -0.140. The number of para-hydroxylation sites is 1. The predicted octanol–water partition coefficient (Wildman–Crippen LogP) is 3.66. The van der Waals surface area contributed by atoms with Crippen LogP contribution >= 0.6 is 0 Å². The fourth-order valence-electron chi connectivity index (χ4n) is 2.67. The fraction of sp³-hybridized carbons (Fsp3) is 0.562. The van der Waals surface area contributed by atoms with Crippen molar-refractivity contribution >= 4 is 11.7 Å². The zero-order valence-corrected chi connectivity index (χ0v) is 12.6. The number of carbonyl (C=O) groups is 1. The molecule has 2 unspecified atom stereocenters. The molecule has 0 saturated carbocycles. The molecule has 0 radical (unpaired) electrons. The van der Waals surface area contributed by atoms with Gasteiger partial charge in [-0.05, 0) is 24.0 Å². The summed E-state index contributed by atoms with van der Waals surface area (Å²) in [5.41, 5.74) is 7.17. The molecule has 1 aromatic carbocycles. The molecule has 0 spiro atoms. The van der Waals surface area contributed by atoms with E-state index in [0.717, 1.165) is 25.7 Å². The van der Waals surface area contributed by atoms with Gasteiger partial charge in [-0.1, -0.05) is 45.2 Å². The van der Waals surface area contributed by atoms with Crippen LogP contribution in [-0.2, 0) is 4.79 Å². The van der Waals surface area contributed by atoms with E-state index in [0.29, 0.717) is 17.0 Å². The highest BCUT2D eigenvalue weighted by molar-refractivity contribution is 5.80. The average Bonchev–Trinajstić information content (AvgIpc) is 2.44. The van der Waals surface area contributed by atoms with Crippen molar-refractivity contribution in [1.29, 1.82) is 0 Å². The van der Waals surface area contributed by atoms with Crippen molar-refractivity contribution in [3.05, 3.63) is 23.8 Å². The summed E-state index contributed by atoms with van der Waals surface area (Å²) in [4.78, 5) is 11.7. The van der Waals surface area contributed by atoms with E-state index in [1.54, 1.807) is 25.3 Å². The lowest BCUT2D eigenvalue weighted by Gasteiger charge is -2.25. The largest absolute Gasteiger partial charge is 0.495 e. The highest BCUT2D eigenvalue weighted by Gasteiger charge is 2.30. The van der Waals surface area contributed by atoms with Gasteiger partial charge in [-0.3, -0.25) is 4.79 Å². The molecule has 0 heterocycles. The Labute approximate surface area is 120 Å². The van der Waals surface area contributed by atoms with Crippen LogP contribution in [0.1, 0.15) is 51.0 Å². The average molecular weight is 279 g/mol. The van der Waals surface area contributed by atoms with Crippen LogP contribution in [0.5, 0.6) is 5.75 Å². The van der Waals surface area contributed by atoms with Gasteiger partial charge in [0.05, 0.1) is 18.7 Å². The van der Waals surface area contributed by atoms with Crippen LogP contribution in [0.15, 0.2) is 18.2 Å². The van der Waals surface area contributed by atoms with Crippen LogP contribution in [0.3, 0.4) is 0 Å². The van der Waals surface area contributed by atoms with Crippen LogP contribution in [-0.4, -0.2) is 18.2 Å². The molecule has 1 rings (SSSR count). The summed E-state index contributed by atoms with van der Waals surface area (Å²) in [6.45, 7) is 4.15. The minimum atomic E-state index is -0.812. The molecule has 0 aliphatic carbocycles. The lowest BCUT2D eigenvalue weighted by atomic mass is 9.80. The Kier molecular flexibility index (Phi) is 6.36. The van der Waals surface area contributed by atoms with Crippen molar-refractivity contribution in [2.75, 3.05) is 12.8 Å². The van der Waals surface area contributed by atoms with Crippen molar-refractivity contribution in [2.45, 2.75) is 45.4 Å². The number of rotatable bonds is 8. The van der Waals surface area contributed by atoms with E-state index in [1.165, 1.54) is 0 Å². The Balaban J connectivity index is 3.16. The van der Waals surface area contributed by atoms with Gasteiger partial charge in [0.1, 0.15) is 5.75 Å². The summed E-state index contributed by atoms with van der Waals surface area (Å²) < 4.78 is 5.19. The molecule has 2 atom stereocenters. The zero-order chi connectivity index (χ0) is 15.1. The molecule has 0 amide bonds. The summed E-state index contributed by atoms with van der Waals surface area (Å²) in [6.07, 6.45) is 3.83. The summed E-state index contributed by atoms with van der Waals surface area (Å²) >= 11 is 0. The maximum absolute atomic E-state index is 11.7. The number of aliphatic carboxylic acids is 1. The van der Waals surface area contributed by atoms with Crippen LogP contribution in [0, 0.1) is 5.92 Å². The van der Waals surface area contributed by atoms with Crippen LogP contribution < -0.4 is 10.5 Å². The lowest BCUT2D eigenvalue weighted by Crippen LogP contribution is -2.22. The number of ether oxygens (including phenoxy) is 1. The summed E-state index contributed by atoms with van der Waals surface area (Å²) in [5, 5.41) is 9.62. The van der Waals surface area contributed by atoms with Gasteiger partial charge in [-0.2, -0.15) is 0 Å². The monoisotopic (exact) mass is 279 g/mol. The Bertz CT molecular complexity index is 445. The maximum atomic E-state index is 11.7. The Morgan fingerprint density at radius 3 is 2.60 bits per heavy atom. The molecule has 4 heteroatoms. The van der Waals surface area contributed by atoms with E-state index in [1.807, 2.05) is 6.92 Å². The number of unbranched alkanes of at least 4 members (excludes halogenated alkanes) is 1. The third kappa shape index (κ3) is 3.65. The van der Waals surface area contributed by atoms with E-state index in [-0.39, 0.29) is 5.92 Å². The third-order valence-electron chi connectivity index (χ3n) is 3.85. The van der Waals surface area contributed by atoms with Gasteiger partial charge >= 0.3 is 5.97 Å². The topological polar surface area (TPSA) is 72.5 Å². The first-order chi connectivity index (χ1) is 9.56. The smallest absolute Gasteiger partial charge is 0.311 e. The summed E-state index contributed by atoms with van der Waals surface area (Å²) in [5.74, 6) is -0.740. The molecule has 0 aromatic heterocycles. The van der Waals surface area contributed by atoms with E-state index >= 15 is 0 Å². The Morgan fingerprint density at radius 2 is 2.10 bits per heavy atom. The number of methoxy groups -OCH3 is 1. The summed E-state index contributed by atoms with van der Waals surface area (Å²) in [7, 11) is 1.54. The minimum Gasteiger partial charge on any atom is -0.495 e. The molecule has 0 aliphatic rings. The van der Waals surface area contributed by atoms with Crippen LogP contribution in [0.2, 0.25) is 0 Å². The van der Waals surface area contributed by atoms with E-state index in [4.69, 9.17) is 10.5 Å². The molecule has 0 fully saturated rings. The van der Waals surface area contributed by atoms with Gasteiger partial charge in [-0.15, -0.1) is 0 Å². The molecule has 3 N–H and O–H groups in total. The molecule has 20 heavy (non-hydrogen) atoms. The number of hydrogen-bond acceptors (Lipinski definition) is 3. The van der Waals surface area contributed by atoms with Gasteiger partial charge in [0.15, 0.2) is 0 Å².